The fraction of sp³-hybridized carbons (Fsp3) is 0.308. The second kappa shape index (κ2) is 4.10. The maximum absolute atomic E-state index is 10.4. The summed E-state index contributed by atoms with van der Waals surface area (Å²) in [5.41, 5.74) is 0.513. The van der Waals surface area contributed by atoms with Gasteiger partial charge < -0.3 is 9.67 Å². The summed E-state index contributed by atoms with van der Waals surface area (Å²) >= 11 is 0. The van der Waals surface area contributed by atoms with Gasteiger partial charge in [-0.2, -0.15) is 0 Å². The maximum atomic E-state index is 10.4. The van der Waals surface area contributed by atoms with Crippen molar-refractivity contribution in [3.63, 3.8) is 0 Å². The first kappa shape index (κ1) is 10.9. The van der Waals surface area contributed by atoms with Crippen LogP contribution in [0.4, 0.5) is 0 Å². The molecule has 0 amide bonds. The van der Waals surface area contributed by atoms with Gasteiger partial charge >= 0.3 is 0 Å². The van der Waals surface area contributed by atoms with E-state index in [4.69, 9.17) is 0 Å². The van der Waals surface area contributed by atoms with Gasteiger partial charge in [-0.3, -0.25) is 0 Å². The SMILES string of the molecule is CC(C)(C(O)c1ccccc1)n1ccnc1. The predicted molar refractivity (Wildman–Crippen MR) is 63.0 cm³/mol. The van der Waals surface area contributed by atoms with E-state index in [0.717, 1.165) is 5.56 Å². The van der Waals surface area contributed by atoms with E-state index in [9.17, 15) is 5.11 Å². The number of hydrogen-bond donors (Lipinski definition) is 1. The third-order valence-electron chi connectivity index (χ3n) is 2.95. The van der Waals surface area contributed by atoms with Crippen LogP contribution in [0.5, 0.6) is 0 Å². The number of hydrogen-bond acceptors (Lipinski definition) is 2. The minimum atomic E-state index is -0.553. The lowest BCUT2D eigenvalue weighted by Gasteiger charge is -2.32. The van der Waals surface area contributed by atoms with E-state index < -0.39 is 11.6 Å². The van der Waals surface area contributed by atoms with Crippen molar-refractivity contribution in [2.75, 3.05) is 0 Å². The van der Waals surface area contributed by atoms with Crippen LogP contribution in [0, 0.1) is 0 Å². The second-order valence-electron chi connectivity index (χ2n) is 4.44. The fourth-order valence-corrected chi connectivity index (χ4v) is 1.78. The molecule has 0 fully saturated rings. The zero-order chi connectivity index (χ0) is 11.6. The summed E-state index contributed by atoms with van der Waals surface area (Å²) in [6, 6.07) is 9.68. The molecule has 3 nitrogen and oxygen atoms in total. The summed E-state index contributed by atoms with van der Waals surface area (Å²) < 4.78 is 1.92. The van der Waals surface area contributed by atoms with Crippen molar-refractivity contribution in [2.24, 2.45) is 0 Å². The molecule has 0 aliphatic heterocycles. The minimum absolute atomic E-state index is 0.405. The molecule has 0 saturated carbocycles. The summed E-state index contributed by atoms with van der Waals surface area (Å²) in [6.07, 6.45) is 4.76. The molecule has 1 unspecified atom stereocenters. The molecule has 3 heteroatoms. The molecule has 0 aliphatic rings. The molecule has 2 aromatic rings. The highest BCUT2D eigenvalue weighted by atomic mass is 16.3. The van der Waals surface area contributed by atoms with Gasteiger partial charge in [0.2, 0.25) is 0 Å². The van der Waals surface area contributed by atoms with Gasteiger partial charge in [0.25, 0.3) is 0 Å². The minimum Gasteiger partial charge on any atom is -0.386 e. The van der Waals surface area contributed by atoms with Gasteiger partial charge in [-0.15, -0.1) is 0 Å². The quantitative estimate of drug-likeness (QED) is 0.855. The fourth-order valence-electron chi connectivity index (χ4n) is 1.78. The van der Waals surface area contributed by atoms with Crippen molar-refractivity contribution in [1.29, 1.82) is 0 Å². The Morgan fingerprint density at radius 3 is 2.50 bits per heavy atom. The van der Waals surface area contributed by atoms with Crippen molar-refractivity contribution in [2.45, 2.75) is 25.5 Å². The Kier molecular flexibility index (Phi) is 2.79. The Balaban J connectivity index is 2.31. The molecule has 84 valence electrons. The highest BCUT2D eigenvalue weighted by Gasteiger charge is 2.30. The van der Waals surface area contributed by atoms with E-state index in [-0.39, 0.29) is 0 Å². The van der Waals surface area contributed by atoms with Crippen molar-refractivity contribution < 1.29 is 5.11 Å². The Bertz CT molecular complexity index is 434. The van der Waals surface area contributed by atoms with E-state index in [1.165, 1.54) is 0 Å². The molecular formula is C13H16N2O. The molecule has 0 radical (unpaired) electrons. The number of nitrogens with zero attached hydrogens (tertiary/aromatic N) is 2. The molecule has 1 aromatic heterocycles. The maximum Gasteiger partial charge on any atom is 0.102 e. The normalized spacial score (nSPS) is 13.7. The van der Waals surface area contributed by atoms with Gasteiger partial charge in [0.1, 0.15) is 6.10 Å². The number of aliphatic hydroxyl groups is 1. The number of aliphatic hydroxyl groups excluding tert-OH is 1. The summed E-state index contributed by atoms with van der Waals surface area (Å²) in [5.74, 6) is 0. The van der Waals surface area contributed by atoms with Crippen LogP contribution in [-0.2, 0) is 5.54 Å². The zero-order valence-electron chi connectivity index (χ0n) is 9.54. The molecule has 1 aromatic carbocycles. The average molecular weight is 216 g/mol. The average Bonchev–Trinajstić information content (AvgIpc) is 2.83. The van der Waals surface area contributed by atoms with Crippen molar-refractivity contribution in [3.8, 4) is 0 Å². The van der Waals surface area contributed by atoms with Crippen LogP contribution >= 0.6 is 0 Å². The molecule has 1 atom stereocenters. The first-order valence-electron chi connectivity index (χ1n) is 5.34. The van der Waals surface area contributed by atoms with Gasteiger partial charge in [-0.1, -0.05) is 30.3 Å². The number of benzene rings is 1. The Morgan fingerprint density at radius 2 is 1.94 bits per heavy atom. The van der Waals surface area contributed by atoms with Gasteiger partial charge in [0, 0.05) is 12.4 Å². The Hall–Kier alpha value is -1.61. The van der Waals surface area contributed by atoms with Crippen LogP contribution in [0.25, 0.3) is 0 Å². The number of aromatic nitrogens is 2. The van der Waals surface area contributed by atoms with Crippen molar-refractivity contribution >= 4 is 0 Å². The summed E-state index contributed by atoms with van der Waals surface area (Å²) in [7, 11) is 0. The van der Waals surface area contributed by atoms with E-state index in [2.05, 4.69) is 4.98 Å². The molecule has 0 saturated heterocycles. The lowest BCUT2D eigenvalue weighted by Crippen LogP contribution is -2.32. The Labute approximate surface area is 95.4 Å². The lowest BCUT2D eigenvalue weighted by atomic mass is 9.91. The van der Waals surface area contributed by atoms with E-state index in [1.807, 2.05) is 54.9 Å². The molecule has 16 heavy (non-hydrogen) atoms. The van der Waals surface area contributed by atoms with Crippen molar-refractivity contribution in [3.05, 3.63) is 54.6 Å². The third kappa shape index (κ3) is 1.86. The van der Waals surface area contributed by atoms with Crippen LogP contribution < -0.4 is 0 Å². The lowest BCUT2D eigenvalue weighted by molar-refractivity contribution is 0.0566. The highest BCUT2D eigenvalue weighted by molar-refractivity contribution is 5.20. The topological polar surface area (TPSA) is 38.0 Å². The van der Waals surface area contributed by atoms with Crippen LogP contribution in [0.15, 0.2) is 49.1 Å². The molecular weight excluding hydrogens is 200 g/mol. The summed E-state index contributed by atoms with van der Waals surface area (Å²) in [5, 5.41) is 10.4. The number of imidazole rings is 1. The first-order chi connectivity index (χ1) is 7.62. The molecule has 0 aliphatic carbocycles. The second-order valence-corrected chi connectivity index (χ2v) is 4.44. The molecule has 1 heterocycles. The molecule has 2 rings (SSSR count). The third-order valence-corrected chi connectivity index (χ3v) is 2.95. The standard InChI is InChI=1S/C13H16N2O/c1-13(2,15-9-8-14-10-15)12(16)11-6-4-3-5-7-11/h3-10,12,16H,1-2H3. The zero-order valence-corrected chi connectivity index (χ0v) is 9.54. The van der Waals surface area contributed by atoms with Gasteiger partial charge in [-0.25, -0.2) is 4.98 Å². The van der Waals surface area contributed by atoms with Crippen LogP contribution in [0.1, 0.15) is 25.5 Å². The van der Waals surface area contributed by atoms with E-state index >= 15 is 0 Å². The van der Waals surface area contributed by atoms with E-state index in [1.54, 1.807) is 12.5 Å². The summed E-state index contributed by atoms with van der Waals surface area (Å²) in [4.78, 5) is 4.02. The largest absolute Gasteiger partial charge is 0.386 e. The molecule has 1 N–H and O–H groups in total. The van der Waals surface area contributed by atoms with Crippen LogP contribution in [0.3, 0.4) is 0 Å². The van der Waals surface area contributed by atoms with Gasteiger partial charge in [-0.05, 0) is 19.4 Å². The van der Waals surface area contributed by atoms with Crippen LogP contribution in [-0.4, -0.2) is 14.7 Å². The monoisotopic (exact) mass is 216 g/mol. The first-order valence-corrected chi connectivity index (χ1v) is 5.34. The highest BCUT2D eigenvalue weighted by Crippen LogP contribution is 2.31. The summed E-state index contributed by atoms with van der Waals surface area (Å²) in [6.45, 7) is 3.98. The van der Waals surface area contributed by atoms with Gasteiger partial charge in [0.15, 0.2) is 0 Å². The van der Waals surface area contributed by atoms with E-state index in [0.29, 0.717) is 0 Å². The van der Waals surface area contributed by atoms with Crippen molar-refractivity contribution in [1.82, 2.24) is 9.55 Å². The van der Waals surface area contributed by atoms with Crippen LogP contribution in [0.2, 0.25) is 0 Å². The predicted octanol–water partition coefficient (Wildman–Crippen LogP) is 2.35. The number of rotatable bonds is 3. The molecule has 0 spiro atoms. The Morgan fingerprint density at radius 1 is 1.25 bits per heavy atom. The molecule has 0 bridgehead atoms. The smallest absolute Gasteiger partial charge is 0.102 e. The van der Waals surface area contributed by atoms with Gasteiger partial charge in [0.05, 0.1) is 11.9 Å².